The van der Waals surface area contributed by atoms with Gasteiger partial charge in [0.2, 0.25) is 0 Å². The number of benzene rings is 2. The van der Waals surface area contributed by atoms with Crippen LogP contribution in [0.2, 0.25) is 0 Å². The summed E-state index contributed by atoms with van der Waals surface area (Å²) < 4.78 is 118. The monoisotopic (exact) mass is 513 g/mol. The van der Waals surface area contributed by atoms with Crippen molar-refractivity contribution in [3.05, 3.63) is 65.5 Å². The molecule has 0 unspecified atom stereocenters. The average molecular weight is 513 g/mol. The van der Waals surface area contributed by atoms with E-state index in [4.69, 9.17) is 5.73 Å². The molecule has 1 fully saturated rings. The second-order valence-electron chi connectivity index (χ2n) is 8.89. The lowest BCUT2D eigenvalue weighted by Crippen LogP contribution is -2.54. The summed E-state index contributed by atoms with van der Waals surface area (Å²) in [5, 5.41) is 9.63. The largest absolute Gasteiger partial charge is 0.430 e. The molecule has 0 amide bonds. The van der Waals surface area contributed by atoms with Crippen LogP contribution in [0, 0.1) is 5.82 Å². The van der Waals surface area contributed by atoms with Crippen LogP contribution in [-0.4, -0.2) is 31.4 Å². The van der Waals surface area contributed by atoms with Gasteiger partial charge in [-0.2, -0.15) is 26.3 Å². The number of sulfone groups is 1. The third-order valence-electron chi connectivity index (χ3n) is 6.49. The molecule has 0 saturated heterocycles. The minimum Gasteiger partial charge on any atom is -0.369 e. The molecule has 3 rings (SSSR count). The van der Waals surface area contributed by atoms with E-state index in [1.165, 1.54) is 0 Å². The first-order valence-electron chi connectivity index (χ1n) is 10.1. The summed E-state index contributed by atoms with van der Waals surface area (Å²) in [6.45, 7) is 1.71. The Hall–Kier alpha value is -2.18. The summed E-state index contributed by atoms with van der Waals surface area (Å²) in [5.74, 6) is -0.686. The van der Waals surface area contributed by atoms with E-state index < -0.39 is 49.5 Å². The summed E-state index contributed by atoms with van der Waals surface area (Å²) in [6, 6.07) is 6.50. The van der Waals surface area contributed by atoms with Crippen molar-refractivity contribution in [2.45, 2.75) is 65.7 Å². The van der Waals surface area contributed by atoms with Gasteiger partial charge in [0, 0.05) is 11.1 Å². The van der Waals surface area contributed by atoms with Gasteiger partial charge in [-0.3, -0.25) is 0 Å². The summed E-state index contributed by atoms with van der Waals surface area (Å²) in [4.78, 5) is -0.249. The molecule has 3 N–H and O–H groups in total. The predicted octanol–water partition coefficient (Wildman–Crippen LogP) is 5.10. The van der Waals surface area contributed by atoms with Crippen LogP contribution in [0.1, 0.15) is 43.7 Å². The highest BCUT2D eigenvalue weighted by Crippen LogP contribution is 2.52. The Morgan fingerprint density at radius 2 is 1.26 bits per heavy atom. The van der Waals surface area contributed by atoms with Gasteiger partial charge in [-0.25, -0.2) is 12.8 Å². The van der Waals surface area contributed by atoms with Gasteiger partial charge >= 0.3 is 12.4 Å². The molecule has 0 bridgehead atoms. The first-order valence-corrected chi connectivity index (χ1v) is 11.6. The van der Waals surface area contributed by atoms with Crippen LogP contribution in [0.5, 0.6) is 0 Å². The van der Waals surface area contributed by atoms with E-state index in [2.05, 4.69) is 0 Å². The number of aliphatic hydroxyl groups is 1. The van der Waals surface area contributed by atoms with Crippen molar-refractivity contribution >= 4 is 9.84 Å². The minimum atomic E-state index is -6.07. The van der Waals surface area contributed by atoms with E-state index >= 15 is 0 Å². The number of nitrogens with two attached hydrogens (primary N) is 1. The molecule has 34 heavy (non-hydrogen) atoms. The topological polar surface area (TPSA) is 80.4 Å². The molecule has 188 valence electrons. The Labute approximate surface area is 191 Å². The fraction of sp³-hybridized carbons (Fsp3) is 0.455. The van der Waals surface area contributed by atoms with Crippen LogP contribution in [0.3, 0.4) is 0 Å². The first kappa shape index (κ1) is 26.4. The van der Waals surface area contributed by atoms with Crippen molar-refractivity contribution < 1.29 is 44.3 Å². The third kappa shape index (κ3) is 4.20. The second-order valence-corrected chi connectivity index (χ2v) is 11.1. The summed E-state index contributed by atoms with van der Waals surface area (Å²) in [7, 11) is -4.28. The quantitative estimate of drug-likeness (QED) is 0.441. The summed E-state index contributed by atoms with van der Waals surface area (Å²) in [6.07, 6.45) is -11.9. The van der Waals surface area contributed by atoms with Crippen molar-refractivity contribution in [2.75, 3.05) is 0 Å². The highest BCUT2D eigenvalue weighted by Gasteiger charge is 2.71. The Morgan fingerprint density at radius 3 is 1.68 bits per heavy atom. The fourth-order valence-electron chi connectivity index (χ4n) is 4.28. The van der Waals surface area contributed by atoms with Crippen molar-refractivity contribution in [3.8, 4) is 0 Å². The molecule has 1 aliphatic carbocycles. The SMILES string of the molecule is C[C@]1(N)CC[C@](c2ccc(C(O)(C(F)(F)F)C(F)(F)F)cc2)(S(=O)(=O)c2ccc(F)cc2)CC1. The molecule has 1 aliphatic rings. The van der Waals surface area contributed by atoms with Gasteiger partial charge in [-0.15, -0.1) is 0 Å². The molecular formula is C22H22F7NO3S. The Kier molecular flexibility index (Phi) is 6.37. The van der Waals surface area contributed by atoms with Crippen LogP contribution in [0.4, 0.5) is 30.7 Å². The van der Waals surface area contributed by atoms with Gasteiger partial charge in [-0.1, -0.05) is 24.3 Å². The van der Waals surface area contributed by atoms with E-state index in [0.29, 0.717) is 12.1 Å². The number of hydrogen-bond donors (Lipinski definition) is 2. The molecule has 0 atom stereocenters. The maximum absolute atomic E-state index is 13.7. The van der Waals surface area contributed by atoms with Crippen LogP contribution < -0.4 is 5.73 Å². The van der Waals surface area contributed by atoms with E-state index in [-0.39, 0.29) is 36.1 Å². The second kappa shape index (κ2) is 8.20. The van der Waals surface area contributed by atoms with Gasteiger partial charge in [0.05, 0.1) is 4.90 Å². The Balaban J connectivity index is 2.17. The molecule has 2 aromatic carbocycles. The molecule has 1 saturated carbocycles. The van der Waals surface area contributed by atoms with Crippen LogP contribution in [-0.2, 0) is 20.2 Å². The molecule has 12 heteroatoms. The maximum atomic E-state index is 13.7. The standard InChI is InChI=1S/C22H22F7NO3S/c1-18(30)10-12-19(13-11-18,34(32,33)17-8-6-16(23)7-9-17)14-2-4-15(5-3-14)20(31,21(24,25)26)22(27,28)29/h2-9,31H,10-13,30H2,1H3/t18-,19-. The molecule has 2 aromatic rings. The summed E-state index contributed by atoms with van der Waals surface area (Å²) in [5.41, 5.74) is -1.28. The van der Waals surface area contributed by atoms with Crippen LogP contribution in [0.25, 0.3) is 0 Å². The molecular weight excluding hydrogens is 491 g/mol. The van der Waals surface area contributed by atoms with Crippen molar-refractivity contribution in [3.63, 3.8) is 0 Å². The van der Waals surface area contributed by atoms with E-state index in [1.54, 1.807) is 6.92 Å². The number of rotatable bonds is 4. The highest BCUT2D eigenvalue weighted by molar-refractivity contribution is 7.92. The lowest BCUT2D eigenvalue weighted by molar-refractivity contribution is -0.376. The molecule has 0 spiro atoms. The molecule has 0 heterocycles. The minimum absolute atomic E-state index is 0.0530. The zero-order valence-corrected chi connectivity index (χ0v) is 18.7. The lowest BCUT2D eigenvalue weighted by atomic mass is 9.74. The van der Waals surface area contributed by atoms with E-state index in [9.17, 15) is 44.3 Å². The van der Waals surface area contributed by atoms with Gasteiger partial charge < -0.3 is 10.8 Å². The molecule has 0 aromatic heterocycles. The Bertz CT molecular complexity index is 1120. The predicted molar refractivity (Wildman–Crippen MR) is 109 cm³/mol. The molecule has 4 nitrogen and oxygen atoms in total. The number of halogens is 7. The smallest absolute Gasteiger partial charge is 0.369 e. The average Bonchev–Trinajstić information content (AvgIpc) is 2.72. The molecule has 0 radical (unpaired) electrons. The Morgan fingerprint density at radius 1 is 0.824 bits per heavy atom. The summed E-state index contributed by atoms with van der Waals surface area (Å²) >= 11 is 0. The lowest BCUT2D eigenvalue weighted by Gasteiger charge is -2.43. The van der Waals surface area contributed by atoms with Crippen molar-refractivity contribution in [1.29, 1.82) is 0 Å². The zero-order valence-electron chi connectivity index (χ0n) is 17.8. The van der Waals surface area contributed by atoms with Crippen molar-refractivity contribution in [1.82, 2.24) is 0 Å². The van der Waals surface area contributed by atoms with Gasteiger partial charge in [0.15, 0.2) is 9.84 Å². The van der Waals surface area contributed by atoms with Crippen LogP contribution in [0.15, 0.2) is 53.4 Å². The molecule has 0 aliphatic heterocycles. The number of hydrogen-bond acceptors (Lipinski definition) is 4. The highest BCUT2D eigenvalue weighted by atomic mass is 32.2. The first-order chi connectivity index (χ1) is 15.4. The van der Waals surface area contributed by atoms with E-state index in [1.807, 2.05) is 0 Å². The van der Waals surface area contributed by atoms with Crippen LogP contribution >= 0.6 is 0 Å². The van der Waals surface area contributed by atoms with Gasteiger partial charge in [0.25, 0.3) is 5.60 Å². The van der Waals surface area contributed by atoms with E-state index in [0.717, 1.165) is 36.4 Å². The third-order valence-corrected chi connectivity index (χ3v) is 9.05. The number of alkyl halides is 6. The zero-order chi connectivity index (χ0) is 25.8. The van der Waals surface area contributed by atoms with Crippen molar-refractivity contribution in [2.24, 2.45) is 5.73 Å². The maximum Gasteiger partial charge on any atom is 0.430 e. The normalized spacial score (nSPS) is 24.8. The fourth-order valence-corrected chi connectivity index (χ4v) is 6.41. The van der Waals surface area contributed by atoms with Gasteiger partial charge in [0.1, 0.15) is 10.6 Å². The van der Waals surface area contributed by atoms with Gasteiger partial charge in [-0.05, 0) is 62.4 Å².